The molecule has 0 amide bonds. The van der Waals surface area contributed by atoms with Gasteiger partial charge in [0.05, 0.1) is 7.11 Å². The van der Waals surface area contributed by atoms with Gasteiger partial charge in [0.25, 0.3) is 0 Å². The molecule has 0 bridgehead atoms. The molecule has 3 nitrogen and oxygen atoms in total. The highest BCUT2D eigenvalue weighted by Gasteiger charge is 2.08. The van der Waals surface area contributed by atoms with E-state index in [9.17, 15) is 0 Å². The lowest BCUT2D eigenvalue weighted by molar-refractivity contribution is 0.352. The van der Waals surface area contributed by atoms with Gasteiger partial charge in [-0.25, -0.2) is 0 Å². The molecule has 2 rings (SSSR count). The molecular formula is C15H22ClNO2. The maximum atomic E-state index is 5.63. The normalized spacial score (nSPS) is 15.4. The SMILES string of the molecule is COc1cccc(OCC=CCN2CCCC2)c1.Cl. The lowest BCUT2D eigenvalue weighted by atomic mass is 10.3. The van der Waals surface area contributed by atoms with E-state index in [1.165, 1.54) is 25.9 Å². The van der Waals surface area contributed by atoms with Gasteiger partial charge in [0.15, 0.2) is 0 Å². The maximum absolute atomic E-state index is 5.63. The highest BCUT2D eigenvalue weighted by molar-refractivity contribution is 5.85. The van der Waals surface area contributed by atoms with Gasteiger partial charge in [0.1, 0.15) is 18.1 Å². The summed E-state index contributed by atoms with van der Waals surface area (Å²) in [4.78, 5) is 2.46. The second kappa shape index (κ2) is 8.83. The Bertz CT molecular complexity index is 389. The van der Waals surface area contributed by atoms with Crippen LogP contribution in [-0.2, 0) is 0 Å². The summed E-state index contributed by atoms with van der Waals surface area (Å²) in [6.07, 6.45) is 6.95. The van der Waals surface area contributed by atoms with Crippen molar-refractivity contribution < 1.29 is 9.47 Å². The fourth-order valence-corrected chi connectivity index (χ4v) is 2.09. The van der Waals surface area contributed by atoms with Crippen LogP contribution in [-0.4, -0.2) is 38.3 Å². The molecule has 1 heterocycles. The Morgan fingerprint density at radius 2 is 1.89 bits per heavy atom. The molecule has 0 aliphatic carbocycles. The molecule has 0 spiro atoms. The van der Waals surface area contributed by atoms with Crippen LogP contribution in [0.25, 0.3) is 0 Å². The summed E-state index contributed by atoms with van der Waals surface area (Å²) >= 11 is 0. The molecule has 1 aliphatic heterocycles. The van der Waals surface area contributed by atoms with Crippen LogP contribution >= 0.6 is 12.4 Å². The summed E-state index contributed by atoms with van der Waals surface area (Å²) in [7, 11) is 1.66. The summed E-state index contributed by atoms with van der Waals surface area (Å²) < 4.78 is 10.8. The standard InChI is InChI=1S/C15H21NO2.ClH/c1-17-14-7-6-8-15(13-14)18-12-5-4-11-16-9-2-3-10-16;/h4-8,13H,2-3,9-12H2,1H3;1H. The molecule has 0 radical (unpaired) electrons. The molecule has 19 heavy (non-hydrogen) atoms. The van der Waals surface area contributed by atoms with Crippen molar-refractivity contribution in [2.75, 3.05) is 33.4 Å². The van der Waals surface area contributed by atoms with E-state index in [2.05, 4.69) is 17.1 Å². The Labute approximate surface area is 121 Å². The van der Waals surface area contributed by atoms with E-state index in [4.69, 9.17) is 9.47 Å². The van der Waals surface area contributed by atoms with Crippen molar-refractivity contribution in [2.45, 2.75) is 12.8 Å². The van der Waals surface area contributed by atoms with E-state index >= 15 is 0 Å². The first-order valence-corrected chi connectivity index (χ1v) is 6.53. The Hall–Kier alpha value is -1.19. The second-order valence-corrected chi connectivity index (χ2v) is 4.47. The van der Waals surface area contributed by atoms with E-state index in [-0.39, 0.29) is 12.4 Å². The highest BCUT2D eigenvalue weighted by atomic mass is 35.5. The van der Waals surface area contributed by atoms with E-state index in [0.29, 0.717) is 6.61 Å². The lowest BCUT2D eigenvalue weighted by Gasteiger charge is -2.10. The summed E-state index contributed by atoms with van der Waals surface area (Å²) in [6.45, 7) is 4.13. The predicted molar refractivity (Wildman–Crippen MR) is 80.6 cm³/mol. The Balaban J connectivity index is 0.00000180. The minimum absolute atomic E-state index is 0. The number of nitrogens with zero attached hydrogens (tertiary/aromatic N) is 1. The fraction of sp³-hybridized carbons (Fsp3) is 0.467. The molecule has 1 aromatic rings. The van der Waals surface area contributed by atoms with Gasteiger partial charge < -0.3 is 9.47 Å². The monoisotopic (exact) mass is 283 g/mol. The smallest absolute Gasteiger partial charge is 0.123 e. The van der Waals surface area contributed by atoms with Gasteiger partial charge in [-0.1, -0.05) is 18.2 Å². The second-order valence-electron chi connectivity index (χ2n) is 4.47. The van der Waals surface area contributed by atoms with Gasteiger partial charge in [-0.2, -0.15) is 0 Å². The van der Waals surface area contributed by atoms with Crippen LogP contribution in [0.2, 0.25) is 0 Å². The van der Waals surface area contributed by atoms with Gasteiger partial charge >= 0.3 is 0 Å². The largest absolute Gasteiger partial charge is 0.497 e. The van der Waals surface area contributed by atoms with Crippen molar-refractivity contribution in [1.82, 2.24) is 4.90 Å². The number of rotatable bonds is 6. The fourth-order valence-electron chi connectivity index (χ4n) is 2.09. The van der Waals surface area contributed by atoms with E-state index < -0.39 is 0 Å². The van der Waals surface area contributed by atoms with Gasteiger partial charge in [0.2, 0.25) is 0 Å². The zero-order valence-corrected chi connectivity index (χ0v) is 12.2. The molecule has 1 saturated heterocycles. The number of ether oxygens (including phenoxy) is 2. The first kappa shape index (κ1) is 15.9. The summed E-state index contributed by atoms with van der Waals surface area (Å²) in [6, 6.07) is 7.68. The Morgan fingerprint density at radius 3 is 2.63 bits per heavy atom. The van der Waals surface area contributed by atoms with Crippen LogP contribution in [0.3, 0.4) is 0 Å². The molecular weight excluding hydrogens is 262 g/mol. The van der Waals surface area contributed by atoms with Crippen LogP contribution in [0.4, 0.5) is 0 Å². The average Bonchev–Trinajstić information content (AvgIpc) is 2.92. The number of hydrogen-bond acceptors (Lipinski definition) is 3. The maximum Gasteiger partial charge on any atom is 0.123 e. The number of benzene rings is 1. The van der Waals surface area contributed by atoms with E-state index in [1.54, 1.807) is 7.11 Å². The van der Waals surface area contributed by atoms with Crippen LogP contribution in [0.5, 0.6) is 11.5 Å². The molecule has 1 aromatic carbocycles. The summed E-state index contributed by atoms with van der Waals surface area (Å²) in [5.74, 6) is 1.67. The third kappa shape index (κ3) is 5.53. The number of hydrogen-bond donors (Lipinski definition) is 0. The molecule has 0 atom stereocenters. The van der Waals surface area contributed by atoms with Gasteiger partial charge in [-0.05, 0) is 38.1 Å². The Kier molecular flexibility index (Phi) is 7.38. The minimum Gasteiger partial charge on any atom is -0.497 e. The summed E-state index contributed by atoms with van der Waals surface area (Å²) in [5.41, 5.74) is 0. The first-order chi connectivity index (χ1) is 8.88. The number of likely N-dealkylation sites (tertiary alicyclic amines) is 1. The van der Waals surface area contributed by atoms with Gasteiger partial charge in [0, 0.05) is 12.6 Å². The van der Waals surface area contributed by atoms with Crippen LogP contribution < -0.4 is 9.47 Å². The average molecular weight is 284 g/mol. The highest BCUT2D eigenvalue weighted by Crippen LogP contribution is 2.18. The third-order valence-corrected chi connectivity index (χ3v) is 3.12. The van der Waals surface area contributed by atoms with Crippen molar-refractivity contribution in [3.05, 3.63) is 36.4 Å². The molecule has 0 N–H and O–H groups in total. The first-order valence-electron chi connectivity index (χ1n) is 6.53. The number of halogens is 1. The predicted octanol–water partition coefficient (Wildman–Crippen LogP) is 3.15. The molecule has 1 aliphatic rings. The lowest BCUT2D eigenvalue weighted by Crippen LogP contribution is -2.18. The third-order valence-electron chi connectivity index (χ3n) is 3.12. The topological polar surface area (TPSA) is 21.7 Å². The molecule has 0 unspecified atom stereocenters. The van der Waals surface area contributed by atoms with Crippen LogP contribution in [0.15, 0.2) is 36.4 Å². The molecule has 4 heteroatoms. The molecule has 0 saturated carbocycles. The van der Waals surface area contributed by atoms with E-state index in [0.717, 1.165) is 18.0 Å². The molecule has 1 fully saturated rings. The van der Waals surface area contributed by atoms with Crippen LogP contribution in [0.1, 0.15) is 12.8 Å². The van der Waals surface area contributed by atoms with Crippen molar-refractivity contribution >= 4 is 12.4 Å². The zero-order chi connectivity index (χ0) is 12.6. The van der Waals surface area contributed by atoms with E-state index in [1.807, 2.05) is 24.3 Å². The minimum atomic E-state index is 0. The van der Waals surface area contributed by atoms with Gasteiger partial charge in [-0.3, -0.25) is 4.90 Å². The van der Waals surface area contributed by atoms with Crippen LogP contribution in [0, 0.1) is 0 Å². The summed E-state index contributed by atoms with van der Waals surface area (Å²) in [5, 5.41) is 0. The molecule has 106 valence electrons. The van der Waals surface area contributed by atoms with Crippen molar-refractivity contribution in [3.8, 4) is 11.5 Å². The van der Waals surface area contributed by atoms with Crippen molar-refractivity contribution in [3.63, 3.8) is 0 Å². The number of methoxy groups -OCH3 is 1. The Morgan fingerprint density at radius 1 is 1.16 bits per heavy atom. The zero-order valence-electron chi connectivity index (χ0n) is 11.4. The van der Waals surface area contributed by atoms with Gasteiger partial charge in [-0.15, -0.1) is 12.4 Å². The molecule has 0 aromatic heterocycles. The van der Waals surface area contributed by atoms with Crippen molar-refractivity contribution in [1.29, 1.82) is 0 Å². The quantitative estimate of drug-likeness (QED) is 0.749. The van der Waals surface area contributed by atoms with Crippen molar-refractivity contribution in [2.24, 2.45) is 0 Å².